The number of rotatable bonds is 25. The molecular formula is C26H54S6. The predicted octanol–water partition coefficient (Wildman–Crippen LogP) is 11.5. The van der Waals surface area contributed by atoms with Crippen LogP contribution in [0.2, 0.25) is 0 Å². The number of unbranched alkanes of at least 4 members (excludes halogenated alkanes) is 6. The number of hydrogen-bond acceptors (Lipinski definition) is 6. The van der Waals surface area contributed by atoms with Gasteiger partial charge in [-0.15, -0.1) is 70.6 Å². The van der Waals surface area contributed by atoms with Gasteiger partial charge in [0.05, 0.1) is 0 Å². The molecular weight excluding hydrogens is 505 g/mol. The van der Waals surface area contributed by atoms with Crippen molar-refractivity contribution < 1.29 is 0 Å². The Morgan fingerprint density at radius 3 is 0.594 bits per heavy atom. The van der Waals surface area contributed by atoms with E-state index in [1.165, 1.54) is 112 Å². The van der Waals surface area contributed by atoms with Crippen molar-refractivity contribution in [3.63, 3.8) is 0 Å². The summed E-state index contributed by atoms with van der Waals surface area (Å²) < 4.78 is 0.503. The molecule has 6 heteroatoms. The molecule has 0 aromatic rings. The monoisotopic (exact) mass is 558 g/mol. The van der Waals surface area contributed by atoms with E-state index in [-0.39, 0.29) is 6.82 Å². The quantitative estimate of drug-likeness (QED) is 0.0801. The zero-order valence-corrected chi connectivity index (χ0v) is 27.1. The van der Waals surface area contributed by atoms with Crippen LogP contribution in [0.4, 0.5) is 0 Å². The summed E-state index contributed by atoms with van der Waals surface area (Å²) >= 11 is 14.0. The first-order valence-corrected chi connectivity index (χ1v) is 19.4. The lowest BCUT2D eigenvalue weighted by atomic mass is 10.4. The van der Waals surface area contributed by atoms with Crippen molar-refractivity contribution in [3.05, 3.63) is 0 Å². The van der Waals surface area contributed by atoms with E-state index in [9.17, 15) is 0 Å². The van der Waals surface area contributed by atoms with Crippen molar-refractivity contribution in [3.8, 4) is 0 Å². The van der Waals surface area contributed by atoms with Crippen LogP contribution in [0, 0.1) is 0 Å². The van der Waals surface area contributed by atoms with E-state index in [1.807, 2.05) is 0 Å². The van der Waals surface area contributed by atoms with Crippen LogP contribution < -0.4 is 0 Å². The summed E-state index contributed by atoms with van der Waals surface area (Å²) in [7, 11) is 0. The average Bonchev–Trinajstić information content (AvgIpc) is 2.79. The minimum atomic E-state index is 0.252. The molecule has 0 aliphatic heterocycles. The molecule has 0 nitrogen and oxygen atoms in total. The lowest BCUT2D eigenvalue weighted by molar-refractivity contribution is 0.877. The molecule has 0 rings (SSSR count). The standard InChI is InChI=1S/C26H54S6/c1-7-13-19-27-25(28-20-14-8-2,29-21-15-9-3)26(30-22-16-10-4,31-23-17-11-5)32-24-18-12-6/h7-24H2,1-6H3. The fourth-order valence-electron chi connectivity index (χ4n) is 2.89. The maximum Gasteiger partial charge on any atom is 0.140 e. The Labute approximate surface area is 229 Å². The van der Waals surface area contributed by atoms with Crippen molar-refractivity contribution in [2.24, 2.45) is 0 Å². The largest absolute Gasteiger partial charge is 0.140 e. The minimum absolute atomic E-state index is 0.252. The maximum atomic E-state index is 2.35. The molecule has 0 atom stereocenters. The lowest BCUT2D eigenvalue weighted by Gasteiger charge is -2.48. The Hall–Kier alpha value is 2.10. The SMILES string of the molecule is CCCCSC(SCCCC)(SCCCC)C(SCCCC)(SCCCC)SCCCC. The molecule has 32 heavy (non-hydrogen) atoms. The zero-order valence-electron chi connectivity index (χ0n) is 22.2. The van der Waals surface area contributed by atoms with Crippen LogP contribution in [-0.4, -0.2) is 41.3 Å². The third kappa shape index (κ3) is 14.0. The molecule has 0 spiro atoms. The molecule has 0 amide bonds. The van der Waals surface area contributed by atoms with Crippen LogP contribution in [-0.2, 0) is 0 Å². The van der Waals surface area contributed by atoms with Gasteiger partial charge in [-0.25, -0.2) is 0 Å². The Morgan fingerprint density at radius 2 is 0.469 bits per heavy atom. The molecule has 0 radical (unpaired) electrons. The number of hydrogen-bond donors (Lipinski definition) is 0. The highest BCUT2D eigenvalue weighted by Gasteiger charge is 2.53. The molecule has 0 saturated heterocycles. The molecule has 0 saturated carbocycles. The van der Waals surface area contributed by atoms with E-state index in [2.05, 4.69) is 112 Å². The van der Waals surface area contributed by atoms with E-state index in [0.717, 1.165) is 0 Å². The molecule has 0 aliphatic rings. The van der Waals surface area contributed by atoms with Crippen molar-refractivity contribution in [2.45, 2.75) is 125 Å². The van der Waals surface area contributed by atoms with Crippen LogP contribution in [0.1, 0.15) is 119 Å². The molecule has 0 N–H and O–H groups in total. The van der Waals surface area contributed by atoms with E-state index in [1.54, 1.807) is 0 Å². The molecule has 0 unspecified atom stereocenters. The summed E-state index contributed by atoms with van der Waals surface area (Å²) in [6.45, 7) is 14.1. The van der Waals surface area contributed by atoms with E-state index < -0.39 is 0 Å². The minimum Gasteiger partial charge on any atom is -0.130 e. The normalized spacial score (nSPS) is 12.6. The molecule has 0 aromatic heterocycles. The van der Waals surface area contributed by atoms with E-state index in [0.29, 0.717) is 0 Å². The molecule has 0 aliphatic carbocycles. The van der Waals surface area contributed by atoms with Crippen LogP contribution >= 0.6 is 70.6 Å². The molecule has 0 aromatic carbocycles. The van der Waals surface area contributed by atoms with Crippen molar-refractivity contribution in [1.29, 1.82) is 0 Å². The number of thioether (sulfide) groups is 6. The first kappa shape index (κ1) is 34.1. The maximum absolute atomic E-state index is 2.35. The second-order valence-electron chi connectivity index (χ2n) is 8.32. The molecule has 0 heterocycles. The summed E-state index contributed by atoms with van der Waals surface area (Å²) in [4.78, 5) is 0. The van der Waals surface area contributed by atoms with Crippen LogP contribution in [0.15, 0.2) is 0 Å². The highest BCUT2D eigenvalue weighted by molar-refractivity contribution is 8.42. The van der Waals surface area contributed by atoms with Crippen molar-refractivity contribution >= 4 is 70.6 Å². The topological polar surface area (TPSA) is 0 Å². The van der Waals surface area contributed by atoms with Gasteiger partial charge in [0, 0.05) is 0 Å². The van der Waals surface area contributed by atoms with Gasteiger partial charge < -0.3 is 0 Å². The first-order valence-electron chi connectivity index (χ1n) is 13.4. The molecule has 0 bridgehead atoms. The Morgan fingerprint density at radius 1 is 0.312 bits per heavy atom. The summed E-state index contributed by atoms with van der Waals surface area (Å²) in [5, 5.41) is 0. The van der Waals surface area contributed by atoms with Gasteiger partial charge in [0.1, 0.15) is 6.82 Å². The fourth-order valence-corrected chi connectivity index (χ4v) is 16.3. The predicted molar refractivity (Wildman–Crippen MR) is 170 cm³/mol. The van der Waals surface area contributed by atoms with Gasteiger partial charge in [0.25, 0.3) is 0 Å². The summed E-state index contributed by atoms with van der Waals surface area (Å²) in [5.74, 6) is 7.88. The van der Waals surface area contributed by atoms with Gasteiger partial charge in [-0.05, 0) is 73.0 Å². The Balaban J connectivity index is 6.17. The second kappa shape index (κ2) is 23.5. The zero-order chi connectivity index (χ0) is 24.0. The average molecular weight is 559 g/mol. The van der Waals surface area contributed by atoms with Gasteiger partial charge in [-0.1, -0.05) is 80.1 Å². The van der Waals surface area contributed by atoms with Gasteiger partial charge in [-0.2, -0.15) is 0 Å². The van der Waals surface area contributed by atoms with Gasteiger partial charge >= 0.3 is 0 Å². The van der Waals surface area contributed by atoms with E-state index >= 15 is 0 Å². The van der Waals surface area contributed by atoms with Gasteiger partial charge in [0.2, 0.25) is 0 Å². The lowest BCUT2D eigenvalue weighted by Crippen LogP contribution is -2.41. The Bertz CT molecular complexity index is 301. The van der Waals surface area contributed by atoms with Gasteiger partial charge in [0.15, 0.2) is 0 Å². The van der Waals surface area contributed by atoms with Crippen LogP contribution in [0.25, 0.3) is 0 Å². The summed E-state index contributed by atoms with van der Waals surface area (Å²) in [6, 6.07) is 0. The van der Waals surface area contributed by atoms with Crippen LogP contribution in [0.3, 0.4) is 0 Å². The van der Waals surface area contributed by atoms with E-state index in [4.69, 9.17) is 0 Å². The highest BCUT2D eigenvalue weighted by atomic mass is 32.3. The van der Waals surface area contributed by atoms with Crippen molar-refractivity contribution in [2.75, 3.05) is 34.5 Å². The summed E-state index contributed by atoms with van der Waals surface area (Å²) in [5.41, 5.74) is 0. The molecule has 194 valence electrons. The van der Waals surface area contributed by atoms with Crippen LogP contribution in [0.5, 0.6) is 0 Å². The summed E-state index contributed by atoms with van der Waals surface area (Å²) in [6.07, 6.45) is 16.0. The second-order valence-corrected chi connectivity index (χ2v) is 17.7. The fraction of sp³-hybridized carbons (Fsp3) is 1.00. The highest BCUT2D eigenvalue weighted by Crippen LogP contribution is 2.68. The third-order valence-electron chi connectivity index (χ3n) is 5.11. The Kier molecular flexibility index (Phi) is 25.0. The smallest absolute Gasteiger partial charge is 0.130 e. The van der Waals surface area contributed by atoms with Crippen molar-refractivity contribution in [1.82, 2.24) is 0 Å². The first-order chi connectivity index (χ1) is 15.6. The van der Waals surface area contributed by atoms with Gasteiger partial charge in [-0.3, -0.25) is 0 Å². The third-order valence-corrected chi connectivity index (χ3v) is 17.6. The molecule has 0 fully saturated rings.